The van der Waals surface area contributed by atoms with Gasteiger partial charge in [-0.25, -0.2) is 4.98 Å². The number of fused-ring (bicyclic) bond motifs is 1. The second-order valence-electron chi connectivity index (χ2n) is 8.68. The number of carbonyl (C=O) groups excluding carboxylic acids is 1. The maximum Gasteiger partial charge on any atom is 0.223 e. The number of likely N-dealkylation sites (tertiary alicyclic amines) is 1. The number of hydrogen-bond donors (Lipinski definition) is 2. The lowest BCUT2D eigenvalue weighted by Crippen LogP contribution is -2.40. The van der Waals surface area contributed by atoms with Gasteiger partial charge < -0.3 is 20.1 Å². The molecule has 3 aromatic rings. The number of amides is 1. The number of imidazole rings is 1. The lowest BCUT2D eigenvalue weighted by Gasteiger charge is -2.18. The van der Waals surface area contributed by atoms with E-state index in [9.17, 15) is 4.79 Å². The van der Waals surface area contributed by atoms with Gasteiger partial charge in [0, 0.05) is 52.1 Å². The monoisotopic (exact) mass is 446 g/mol. The average Bonchev–Trinajstić information content (AvgIpc) is 3.36. The van der Waals surface area contributed by atoms with Crippen LogP contribution in [0, 0.1) is 12.8 Å². The molecule has 1 aliphatic rings. The maximum absolute atomic E-state index is 12.4. The van der Waals surface area contributed by atoms with E-state index < -0.39 is 0 Å². The summed E-state index contributed by atoms with van der Waals surface area (Å²) >= 11 is 0. The smallest absolute Gasteiger partial charge is 0.223 e. The number of nitrogens with zero attached hydrogens (tertiary/aromatic N) is 4. The van der Waals surface area contributed by atoms with Crippen LogP contribution in [-0.2, 0) is 17.8 Å². The summed E-state index contributed by atoms with van der Waals surface area (Å²) in [5.41, 5.74) is 3.50. The van der Waals surface area contributed by atoms with Crippen LogP contribution in [0.5, 0.6) is 0 Å². The molecular weight excluding hydrogens is 412 g/mol. The highest BCUT2D eigenvalue weighted by molar-refractivity contribution is 5.81. The quantitative estimate of drug-likeness (QED) is 0.301. The molecule has 0 spiro atoms. The van der Waals surface area contributed by atoms with Gasteiger partial charge in [-0.05, 0) is 37.5 Å². The zero-order valence-corrected chi connectivity index (χ0v) is 19.6. The van der Waals surface area contributed by atoms with Gasteiger partial charge in [-0.15, -0.1) is 0 Å². The van der Waals surface area contributed by atoms with Gasteiger partial charge in [-0.3, -0.25) is 9.79 Å². The van der Waals surface area contributed by atoms with Crippen LogP contribution in [0.3, 0.4) is 0 Å². The first-order chi connectivity index (χ1) is 16.1. The number of aliphatic imine (C=N–C) groups is 1. The van der Waals surface area contributed by atoms with Crippen molar-refractivity contribution >= 4 is 22.9 Å². The summed E-state index contributed by atoms with van der Waals surface area (Å²) < 4.78 is 2.27. The summed E-state index contributed by atoms with van der Waals surface area (Å²) in [5.74, 6) is 2.40. The van der Waals surface area contributed by atoms with E-state index in [1.165, 1.54) is 11.1 Å². The molecule has 1 aliphatic heterocycles. The normalized spacial score (nSPS) is 16.5. The molecular formula is C26H34N6O. The molecule has 1 aromatic heterocycles. The van der Waals surface area contributed by atoms with Crippen LogP contribution >= 0.6 is 0 Å². The Morgan fingerprint density at radius 1 is 1.09 bits per heavy atom. The van der Waals surface area contributed by atoms with E-state index in [0.717, 1.165) is 62.9 Å². The summed E-state index contributed by atoms with van der Waals surface area (Å²) in [6.07, 6.45) is 2.48. The standard InChI is InChI=1S/C26H34N6O/c1-20-30-23-11-6-7-12-24(23)32(20)15-8-14-28-26(27-2)29-18-22-17-25(33)31(19-22)16-13-21-9-4-3-5-10-21/h3-7,9-12,22H,8,13-19H2,1-2H3,(H2,27,28,29). The topological polar surface area (TPSA) is 74.5 Å². The number of rotatable bonds is 9. The van der Waals surface area contributed by atoms with Gasteiger partial charge in [-0.2, -0.15) is 0 Å². The number of hydrogen-bond acceptors (Lipinski definition) is 3. The molecule has 174 valence electrons. The lowest BCUT2D eigenvalue weighted by atomic mass is 10.1. The number of benzene rings is 2. The molecule has 1 fully saturated rings. The fraction of sp³-hybridized carbons (Fsp3) is 0.423. The van der Waals surface area contributed by atoms with Crippen LogP contribution in [0.15, 0.2) is 59.6 Å². The van der Waals surface area contributed by atoms with Crippen molar-refractivity contribution in [2.45, 2.75) is 32.7 Å². The van der Waals surface area contributed by atoms with Crippen LogP contribution in [0.25, 0.3) is 11.0 Å². The van der Waals surface area contributed by atoms with Gasteiger partial charge in [0.1, 0.15) is 5.82 Å². The largest absolute Gasteiger partial charge is 0.356 e. The Morgan fingerprint density at radius 3 is 2.70 bits per heavy atom. The summed E-state index contributed by atoms with van der Waals surface area (Å²) in [6, 6.07) is 18.6. The molecule has 1 saturated heterocycles. The van der Waals surface area contributed by atoms with Crippen molar-refractivity contribution in [2.75, 3.05) is 33.2 Å². The molecule has 0 aliphatic carbocycles. The summed E-state index contributed by atoms with van der Waals surface area (Å²) in [5, 5.41) is 6.80. The molecule has 33 heavy (non-hydrogen) atoms. The van der Waals surface area contributed by atoms with Crippen molar-refractivity contribution in [3.8, 4) is 0 Å². The Labute approximate surface area is 195 Å². The number of nitrogens with one attached hydrogen (secondary N) is 2. The minimum Gasteiger partial charge on any atom is -0.356 e. The van der Waals surface area contributed by atoms with Gasteiger partial charge in [0.25, 0.3) is 0 Å². The zero-order valence-electron chi connectivity index (χ0n) is 19.6. The predicted molar refractivity (Wildman–Crippen MR) is 133 cm³/mol. The van der Waals surface area contributed by atoms with Gasteiger partial charge in [0.15, 0.2) is 5.96 Å². The zero-order chi connectivity index (χ0) is 23.0. The minimum atomic E-state index is 0.253. The van der Waals surface area contributed by atoms with Crippen LogP contribution in [-0.4, -0.2) is 59.5 Å². The Morgan fingerprint density at radius 2 is 1.88 bits per heavy atom. The van der Waals surface area contributed by atoms with Crippen molar-refractivity contribution in [3.63, 3.8) is 0 Å². The number of guanidine groups is 1. The molecule has 1 atom stereocenters. The second-order valence-corrected chi connectivity index (χ2v) is 8.68. The van der Waals surface area contributed by atoms with Gasteiger partial charge >= 0.3 is 0 Å². The SMILES string of the molecule is CN=C(NCCCn1c(C)nc2ccccc21)NCC1CC(=O)N(CCc2ccccc2)C1. The van der Waals surface area contributed by atoms with E-state index in [4.69, 9.17) is 0 Å². The Bertz CT molecular complexity index is 1090. The highest BCUT2D eigenvalue weighted by atomic mass is 16.2. The van der Waals surface area contributed by atoms with Crippen LogP contribution in [0.1, 0.15) is 24.2 Å². The number of carbonyl (C=O) groups is 1. The van der Waals surface area contributed by atoms with Crippen LogP contribution in [0.2, 0.25) is 0 Å². The van der Waals surface area contributed by atoms with Gasteiger partial charge in [0.2, 0.25) is 5.91 Å². The first-order valence-electron chi connectivity index (χ1n) is 11.8. The summed E-state index contributed by atoms with van der Waals surface area (Å²) in [6.45, 7) is 6.12. The third kappa shape index (κ3) is 5.92. The highest BCUT2D eigenvalue weighted by Crippen LogP contribution is 2.18. The van der Waals surface area contributed by atoms with E-state index in [1.54, 1.807) is 7.05 Å². The number of aryl methyl sites for hydroxylation is 2. The molecule has 4 rings (SSSR count). The molecule has 2 heterocycles. The van der Waals surface area contributed by atoms with Crippen molar-refractivity contribution in [3.05, 3.63) is 66.0 Å². The van der Waals surface area contributed by atoms with Crippen molar-refractivity contribution in [2.24, 2.45) is 10.9 Å². The third-order valence-corrected chi connectivity index (χ3v) is 6.29. The minimum absolute atomic E-state index is 0.253. The predicted octanol–water partition coefficient (Wildman–Crippen LogP) is 2.99. The number of para-hydroxylation sites is 2. The average molecular weight is 447 g/mol. The Hall–Kier alpha value is -3.35. The summed E-state index contributed by atoms with van der Waals surface area (Å²) in [7, 11) is 1.79. The number of aromatic nitrogens is 2. The van der Waals surface area contributed by atoms with Gasteiger partial charge in [0.05, 0.1) is 11.0 Å². The van der Waals surface area contributed by atoms with Crippen molar-refractivity contribution in [1.82, 2.24) is 25.1 Å². The Balaban J connectivity index is 1.17. The molecule has 7 heteroatoms. The van der Waals surface area contributed by atoms with Crippen LogP contribution < -0.4 is 10.6 Å². The Kier molecular flexibility index (Phi) is 7.60. The molecule has 0 radical (unpaired) electrons. The molecule has 7 nitrogen and oxygen atoms in total. The lowest BCUT2D eigenvalue weighted by molar-refractivity contribution is -0.127. The van der Waals surface area contributed by atoms with E-state index in [2.05, 4.69) is 62.4 Å². The molecule has 1 unspecified atom stereocenters. The molecule has 0 saturated carbocycles. The van der Waals surface area contributed by atoms with Crippen LogP contribution in [0.4, 0.5) is 0 Å². The first-order valence-corrected chi connectivity index (χ1v) is 11.8. The molecule has 0 bridgehead atoms. The fourth-order valence-corrected chi connectivity index (χ4v) is 4.50. The second kappa shape index (κ2) is 11.0. The van der Waals surface area contributed by atoms with Gasteiger partial charge in [-0.1, -0.05) is 42.5 Å². The maximum atomic E-state index is 12.4. The summed E-state index contributed by atoms with van der Waals surface area (Å²) in [4.78, 5) is 23.4. The molecule has 2 N–H and O–H groups in total. The van der Waals surface area contributed by atoms with Crippen molar-refractivity contribution in [1.29, 1.82) is 0 Å². The van der Waals surface area contributed by atoms with E-state index in [0.29, 0.717) is 12.3 Å². The van der Waals surface area contributed by atoms with E-state index in [1.807, 2.05) is 29.2 Å². The molecule has 2 aromatic carbocycles. The molecule has 1 amide bonds. The highest BCUT2D eigenvalue weighted by Gasteiger charge is 2.29. The third-order valence-electron chi connectivity index (χ3n) is 6.29. The fourth-order valence-electron chi connectivity index (χ4n) is 4.50. The first kappa shape index (κ1) is 22.8. The van der Waals surface area contributed by atoms with E-state index in [-0.39, 0.29) is 5.91 Å². The van der Waals surface area contributed by atoms with E-state index >= 15 is 0 Å². The van der Waals surface area contributed by atoms with Crippen molar-refractivity contribution < 1.29 is 4.79 Å².